The number of aliphatic carboxylic acids is 1. The Kier molecular flexibility index (Phi) is 5.58. The molecule has 28 heavy (non-hydrogen) atoms. The first-order valence-electron chi connectivity index (χ1n) is 10.3. The molecule has 2 aliphatic rings. The van der Waals surface area contributed by atoms with Gasteiger partial charge in [0.15, 0.2) is 0 Å². The molecule has 1 unspecified atom stereocenters. The highest BCUT2D eigenvalue weighted by atomic mass is 16.4. The van der Waals surface area contributed by atoms with E-state index in [-0.39, 0.29) is 17.6 Å². The number of rotatable bonds is 5. The fraction of sp³-hybridized carbons (Fsp3) is 0.417. The van der Waals surface area contributed by atoms with Crippen molar-refractivity contribution in [3.63, 3.8) is 0 Å². The van der Waals surface area contributed by atoms with E-state index in [0.29, 0.717) is 19.5 Å². The maximum Gasteiger partial charge on any atom is 0.307 e. The predicted octanol–water partition coefficient (Wildman–Crippen LogP) is 3.67. The third kappa shape index (κ3) is 3.88. The summed E-state index contributed by atoms with van der Waals surface area (Å²) in [5, 5.41) is 9.29. The van der Waals surface area contributed by atoms with Crippen molar-refractivity contribution in [2.45, 2.75) is 38.0 Å². The summed E-state index contributed by atoms with van der Waals surface area (Å²) in [7, 11) is 0. The zero-order valence-electron chi connectivity index (χ0n) is 16.1. The molecule has 0 saturated carbocycles. The normalized spacial score (nSPS) is 20.1. The Morgan fingerprint density at radius 2 is 1.57 bits per heavy atom. The largest absolute Gasteiger partial charge is 0.481 e. The van der Waals surface area contributed by atoms with E-state index < -0.39 is 5.97 Å². The number of benzene rings is 2. The number of carbonyl (C=O) groups excluding carboxylic acids is 1. The summed E-state index contributed by atoms with van der Waals surface area (Å²) < 4.78 is 0. The standard InChI is InChI=1S/C24H27NO3/c26-22(13-15-25-14-5-8-19(16-25)24(27)28)23-20-9-3-1-6-17(20)11-12-18-7-2-4-10-21(18)23/h1-4,6-7,9-10,19,23H,5,8,11-16H2,(H,27,28). The minimum Gasteiger partial charge on any atom is -0.481 e. The minimum atomic E-state index is -0.720. The van der Waals surface area contributed by atoms with Crippen LogP contribution in [0, 0.1) is 5.92 Å². The molecule has 146 valence electrons. The van der Waals surface area contributed by atoms with Crippen LogP contribution < -0.4 is 0 Å². The van der Waals surface area contributed by atoms with Gasteiger partial charge in [0.2, 0.25) is 0 Å². The number of ketones is 1. The molecule has 1 heterocycles. The second-order valence-corrected chi connectivity index (χ2v) is 8.02. The zero-order chi connectivity index (χ0) is 19.5. The molecule has 0 spiro atoms. The summed E-state index contributed by atoms with van der Waals surface area (Å²) in [6.07, 6.45) is 4.01. The Morgan fingerprint density at radius 3 is 2.18 bits per heavy atom. The molecule has 1 saturated heterocycles. The fourth-order valence-corrected chi connectivity index (χ4v) is 4.74. The number of hydrogen-bond donors (Lipinski definition) is 1. The van der Waals surface area contributed by atoms with E-state index in [4.69, 9.17) is 0 Å². The van der Waals surface area contributed by atoms with Gasteiger partial charge in [0.25, 0.3) is 0 Å². The number of aryl methyl sites for hydroxylation is 2. The van der Waals surface area contributed by atoms with Crippen LogP contribution in [-0.2, 0) is 22.4 Å². The molecule has 0 amide bonds. The first-order chi connectivity index (χ1) is 13.6. The molecular weight excluding hydrogens is 350 g/mol. The fourth-order valence-electron chi connectivity index (χ4n) is 4.74. The Hall–Kier alpha value is -2.46. The number of nitrogens with zero attached hydrogens (tertiary/aromatic N) is 1. The summed E-state index contributed by atoms with van der Waals surface area (Å²) >= 11 is 0. The summed E-state index contributed by atoms with van der Waals surface area (Å²) in [6, 6.07) is 16.6. The number of likely N-dealkylation sites (tertiary alicyclic amines) is 1. The molecule has 0 bridgehead atoms. The van der Waals surface area contributed by atoms with Gasteiger partial charge in [0.05, 0.1) is 11.8 Å². The van der Waals surface area contributed by atoms with Gasteiger partial charge in [-0.05, 0) is 54.5 Å². The summed E-state index contributed by atoms with van der Waals surface area (Å²) in [5.74, 6) is -1.000. The third-order valence-corrected chi connectivity index (χ3v) is 6.25. The van der Waals surface area contributed by atoms with Crippen molar-refractivity contribution >= 4 is 11.8 Å². The van der Waals surface area contributed by atoms with Crippen molar-refractivity contribution in [3.05, 3.63) is 70.8 Å². The van der Waals surface area contributed by atoms with E-state index in [9.17, 15) is 14.7 Å². The average molecular weight is 377 g/mol. The molecule has 4 nitrogen and oxygen atoms in total. The average Bonchev–Trinajstić information content (AvgIpc) is 2.89. The van der Waals surface area contributed by atoms with Crippen molar-refractivity contribution in [1.29, 1.82) is 0 Å². The van der Waals surface area contributed by atoms with Crippen LogP contribution in [0.1, 0.15) is 47.4 Å². The lowest BCUT2D eigenvalue weighted by molar-refractivity contribution is -0.143. The lowest BCUT2D eigenvalue weighted by Crippen LogP contribution is -2.40. The molecule has 1 atom stereocenters. The Bertz CT molecular complexity index is 828. The van der Waals surface area contributed by atoms with Crippen molar-refractivity contribution in [3.8, 4) is 0 Å². The Morgan fingerprint density at radius 1 is 0.964 bits per heavy atom. The van der Waals surface area contributed by atoms with Crippen molar-refractivity contribution in [1.82, 2.24) is 4.90 Å². The third-order valence-electron chi connectivity index (χ3n) is 6.25. The van der Waals surface area contributed by atoms with Crippen LogP contribution >= 0.6 is 0 Å². The zero-order valence-corrected chi connectivity index (χ0v) is 16.1. The number of carboxylic acid groups (broad SMARTS) is 1. The molecule has 1 aliphatic carbocycles. The maximum atomic E-state index is 13.4. The lowest BCUT2D eigenvalue weighted by Gasteiger charge is -2.30. The van der Waals surface area contributed by atoms with Crippen LogP contribution in [0.2, 0.25) is 0 Å². The predicted molar refractivity (Wildman–Crippen MR) is 109 cm³/mol. The summed E-state index contributed by atoms with van der Waals surface area (Å²) in [4.78, 5) is 26.8. The van der Waals surface area contributed by atoms with Crippen molar-refractivity contribution in [2.75, 3.05) is 19.6 Å². The van der Waals surface area contributed by atoms with Crippen molar-refractivity contribution < 1.29 is 14.7 Å². The second-order valence-electron chi connectivity index (χ2n) is 8.02. The summed E-state index contributed by atoms with van der Waals surface area (Å²) in [6.45, 7) is 2.08. The first-order valence-corrected chi connectivity index (χ1v) is 10.3. The van der Waals surface area contributed by atoms with E-state index in [1.54, 1.807) is 0 Å². The molecular formula is C24H27NO3. The molecule has 2 aromatic carbocycles. The highest BCUT2D eigenvalue weighted by Crippen LogP contribution is 2.35. The number of piperidine rings is 1. The van der Waals surface area contributed by atoms with Crippen LogP contribution in [0.5, 0.6) is 0 Å². The number of Topliss-reactive ketones (excluding diaryl/α,β-unsaturated/α-hetero) is 1. The molecule has 0 radical (unpaired) electrons. The monoisotopic (exact) mass is 377 g/mol. The number of carbonyl (C=O) groups is 2. The second kappa shape index (κ2) is 8.27. The number of hydrogen-bond acceptors (Lipinski definition) is 3. The summed E-state index contributed by atoms with van der Waals surface area (Å²) in [5.41, 5.74) is 4.81. The number of carboxylic acids is 1. The van der Waals surface area contributed by atoms with E-state index in [0.717, 1.165) is 43.4 Å². The molecule has 1 aliphatic heterocycles. The van der Waals surface area contributed by atoms with Gasteiger partial charge in [-0.15, -0.1) is 0 Å². The highest BCUT2D eigenvalue weighted by molar-refractivity contribution is 5.90. The lowest BCUT2D eigenvalue weighted by atomic mass is 9.83. The quantitative estimate of drug-likeness (QED) is 0.864. The van der Waals surface area contributed by atoms with E-state index in [2.05, 4.69) is 41.3 Å². The molecule has 1 N–H and O–H groups in total. The van der Waals surface area contributed by atoms with Gasteiger partial charge in [0, 0.05) is 19.5 Å². The van der Waals surface area contributed by atoms with Crippen LogP contribution in [-0.4, -0.2) is 41.4 Å². The molecule has 1 fully saturated rings. The smallest absolute Gasteiger partial charge is 0.307 e. The van der Waals surface area contributed by atoms with Crippen LogP contribution in [0.3, 0.4) is 0 Å². The SMILES string of the molecule is O=C(O)C1CCCN(CCC(=O)C2c3ccccc3CCc3ccccc32)C1. The van der Waals surface area contributed by atoms with Crippen LogP contribution in [0.4, 0.5) is 0 Å². The highest BCUT2D eigenvalue weighted by Gasteiger charge is 2.30. The molecule has 2 aromatic rings. The van der Waals surface area contributed by atoms with Gasteiger partial charge < -0.3 is 10.0 Å². The van der Waals surface area contributed by atoms with Crippen LogP contribution in [0.25, 0.3) is 0 Å². The van der Waals surface area contributed by atoms with Crippen LogP contribution in [0.15, 0.2) is 48.5 Å². The number of fused-ring (bicyclic) bond motifs is 2. The van der Waals surface area contributed by atoms with Gasteiger partial charge in [-0.1, -0.05) is 48.5 Å². The van der Waals surface area contributed by atoms with Gasteiger partial charge in [-0.3, -0.25) is 9.59 Å². The Labute approximate surface area is 166 Å². The minimum absolute atomic E-state index is 0.213. The topological polar surface area (TPSA) is 57.6 Å². The molecule has 0 aromatic heterocycles. The molecule has 4 heteroatoms. The first kappa shape index (κ1) is 18.9. The van der Waals surface area contributed by atoms with Gasteiger partial charge in [-0.25, -0.2) is 0 Å². The van der Waals surface area contributed by atoms with Gasteiger partial charge in [-0.2, -0.15) is 0 Å². The van der Waals surface area contributed by atoms with Gasteiger partial charge in [0.1, 0.15) is 5.78 Å². The van der Waals surface area contributed by atoms with E-state index in [1.807, 2.05) is 12.1 Å². The maximum absolute atomic E-state index is 13.4. The van der Waals surface area contributed by atoms with Gasteiger partial charge >= 0.3 is 5.97 Å². The van der Waals surface area contributed by atoms with E-state index >= 15 is 0 Å². The van der Waals surface area contributed by atoms with E-state index in [1.165, 1.54) is 11.1 Å². The molecule has 4 rings (SSSR count). The van der Waals surface area contributed by atoms with Crippen molar-refractivity contribution in [2.24, 2.45) is 5.92 Å². The Balaban J connectivity index is 1.54.